The normalized spacial score (nSPS) is 21.1. The maximum Gasteiger partial charge on any atom is 0.408 e. The number of nitrogens with one attached hydrogen (secondary N) is 4. The average Bonchev–Trinajstić information content (AvgIpc) is 3.93. The summed E-state index contributed by atoms with van der Waals surface area (Å²) >= 11 is 0. The largest absolute Gasteiger partial charge is 0.444 e. The van der Waals surface area contributed by atoms with E-state index in [4.69, 9.17) is 19.4 Å². The second-order valence-electron chi connectivity index (χ2n) is 18.4. The Bertz CT molecular complexity index is 2170. The average molecular weight is 791 g/mol. The fraction of sp³-hybridized carbons (Fsp3) is 0.545. The number of carbonyl (C=O) groups is 4. The quantitative estimate of drug-likeness (QED) is 0.150. The minimum absolute atomic E-state index is 0.0795. The van der Waals surface area contributed by atoms with Crippen LogP contribution in [0, 0.1) is 11.8 Å². The molecule has 14 heteroatoms. The molecule has 2 aliphatic carbocycles. The second-order valence-corrected chi connectivity index (χ2v) is 18.4. The van der Waals surface area contributed by atoms with Crippen LogP contribution in [0.2, 0.25) is 0 Å². The Hall–Kier alpha value is -5.58. The first kappa shape index (κ1) is 39.3. The van der Waals surface area contributed by atoms with Crippen molar-refractivity contribution in [1.82, 2.24) is 40.4 Å². The molecule has 4 aliphatic rings. The van der Waals surface area contributed by atoms with Gasteiger partial charge in [-0.2, -0.15) is 0 Å². The van der Waals surface area contributed by atoms with Gasteiger partial charge in [0.15, 0.2) is 0 Å². The lowest BCUT2D eigenvalue weighted by Crippen LogP contribution is -2.63. The first-order valence-corrected chi connectivity index (χ1v) is 20.7. The number of aromatic amines is 2. The first-order valence-electron chi connectivity index (χ1n) is 20.7. The van der Waals surface area contributed by atoms with Crippen molar-refractivity contribution >= 4 is 46.1 Å². The summed E-state index contributed by atoms with van der Waals surface area (Å²) in [6.07, 6.45) is 6.19. The van der Waals surface area contributed by atoms with E-state index in [1.807, 2.05) is 87.7 Å². The molecule has 0 unspecified atom stereocenters. The van der Waals surface area contributed by atoms with E-state index in [2.05, 4.69) is 32.4 Å². The Kier molecular flexibility index (Phi) is 9.92. The molecule has 4 amide bonds. The van der Waals surface area contributed by atoms with Gasteiger partial charge in [-0.05, 0) is 142 Å². The molecular formula is C44H54N8O6. The number of nitrogens with zero attached hydrogens (tertiary/aromatic N) is 4. The third kappa shape index (κ3) is 7.83. The van der Waals surface area contributed by atoms with Crippen molar-refractivity contribution in [2.75, 3.05) is 13.1 Å². The van der Waals surface area contributed by atoms with Crippen LogP contribution in [0.3, 0.4) is 0 Å². The molecule has 2 atom stereocenters. The van der Waals surface area contributed by atoms with Crippen LogP contribution in [0.5, 0.6) is 0 Å². The summed E-state index contributed by atoms with van der Waals surface area (Å²) < 4.78 is 11.0. The van der Waals surface area contributed by atoms with E-state index in [1.54, 1.807) is 0 Å². The van der Waals surface area contributed by atoms with Gasteiger partial charge in [-0.15, -0.1) is 0 Å². The van der Waals surface area contributed by atoms with Gasteiger partial charge in [-0.25, -0.2) is 19.6 Å². The van der Waals surface area contributed by atoms with Gasteiger partial charge in [0.2, 0.25) is 11.8 Å². The third-order valence-electron chi connectivity index (χ3n) is 11.7. The Morgan fingerprint density at radius 1 is 0.655 bits per heavy atom. The van der Waals surface area contributed by atoms with Gasteiger partial charge < -0.3 is 39.9 Å². The molecule has 4 N–H and O–H groups in total. The highest BCUT2D eigenvalue weighted by molar-refractivity contribution is 5.92. The van der Waals surface area contributed by atoms with Crippen LogP contribution in [0.15, 0.2) is 36.4 Å². The van der Waals surface area contributed by atoms with Gasteiger partial charge in [-0.1, -0.05) is 11.8 Å². The van der Waals surface area contributed by atoms with Crippen LogP contribution in [-0.2, 0) is 19.1 Å². The van der Waals surface area contributed by atoms with Gasteiger partial charge >= 0.3 is 12.2 Å². The summed E-state index contributed by atoms with van der Waals surface area (Å²) in [5, 5.41) is 5.82. The highest BCUT2D eigenvalue weighted by Gasteiger charge is 2.52. The van der Waals surface area contributed by atoms with E-state index in [9.17, 15) is 19.2 Å². The molecule has 4 fully saturated rings. The fourth-order valence-corrected chi connectivity index (χ4v) is 8.66. The lowest BCUT2D eigenvalue weighted by molar-refractivity contribution is -0.143. The van der Waals surface area contributed by atoms with Crippen molar-refractivity contribution in [2.45, 2.75) is 140 Å². The van der Waals surface area contributed by atoms with Gasteiger partial charge in [0.05, 0.1) is 34.2 Å². The van der Waals surface area contributed by atoms with Crippen LogP contribution in [0.25, 0.3) is 22.1 Å². The summed E-state index contributed by atoms with van der Waals surface area (Å²) in [4.78, 5) is 73.8. The van der Waals surface area contributed by atoms with Crippen molar-refractivity contribution in [3.05, 3.63) is 59.2 Å². The Balaban J connectivity index is 0.953. The molecule has 2 aliphatic heterocycles. The number of carbonyl (C=O) groups excluding carboxylic acids is 4. The number of ether oxygens (including phenoxy) is 2. The van der Waals surface area contributed by atoms with E-state index >= 15 is 0 Å². The van der Waals surface area contributed by atoms with Crippen molar-refractivity contribution in [1.29, 1.82) is 0 Å². The van der Waals surface area contributed by atoms with Crippen LogP contribution in [-0.4, -0.2) is 89.1 Å². The van der Waals surface area contributed by atoms with E-state index in [1.165, 1.54) is 0 Å². The van der Waals surface area contributed by atoms with Crippen LogP contribution < -0.4 is 10.6 Å². The number of hydrogen-bond acceptors (Lipinski definition) is 8. The number of alkyl carbamates (subject to hydrolysis) is 2. The molecule has 8 rings (SSSR count). The third-order valence-corrected chi connectivity index (χ3v) is 11.7. The summed E-state index contributed by atoms with van der Waals surface area (Å²) in [5.74, 6) is 7.87. The van der Waals surface area contributed by atoms with Crippen molar-refractivity contribution in [3.8, 4) is 11.8 Å². The van der Waals surface area contributed by atoms with Crippen LogP contribution >= 0.6 is 0 Å². The summed E-state index contributed by atoms with van der Waals surface area (Å²) in [6, 6.07) is 11.3. The number of likely N-dealkylation sites (tertiary alicyclic amines) is 2. The Morgan fingerprint density at radius 3 is 1.40 bits per heavy atom. The topological polar surface area (TPSA) is 175 Å². The molecule has 0 radical (unpaired) electrons. The maximum absolute atomic E-state index is 14.0. The number of H-pyrrole nitrogens is 2. The van der Waals surface area contributed by atoms with Crippen LogP contribution in [0.1, 0.15) is 141 Å². The number of aromatic nitrogens is 4. The molecule has 2 aromatic heterocycles. The van der Waals surface area contributed by atoms with E-state index < -0.39 is 34.5 Å². The number of rotatable bonds is 6. The van der Waals surface area contributed by atoms with Gasteiger partial charge in [-0.3, -0.25) is 9.59 Å². The van der Waals surface area contributed by atoms with Crippen LogP contribution in [0.4, 0.5) is 9.59 Å². The van der Waals surface area contributed by atoms with E-state index in [0.717, 1.165) is 83.4 Å². The molecule has 14 nitrogen and oxygen atoms in total. The lowest BCUT2D eigenvalue weighted by atomic mass is 9.75. The Labute approximate surface area is 338 Å². The molecule has 2 saturated carbocycles. The fourth-order valence-electron chi connectivity index (χ4n) is 8.66. The molecule has 2 saturated heterocycles. The SMILES string of the molecule is CC(C)(C)OC(=O)NC1(C(=O)N2CCC[C@H]2c2nc3ccc(C#Cc4ccc5nc([C@@H]6CCCN6C(=O)C6(NC(=O)OC(C)(C)C)CCC6)[nH]c5c4)cc3[nH]2)CCC1. The minimum atomic E-state index is -0.947. The smallest absolute Gasteiger partial charge is 0.408 e. The predicted molar refractivity (Wildman–Crippen MR) is 217 cm³/mol. The standard InChI is InChI=1S/C44H54N8O6/c1-41(2,3)57-39(55)49-43(19-9-20-43)37(53)51-23-7-11-33(51)35-45-29-17-15-27(25-31(29)47-35)13-14-28-16-18-30-32(26-28)48-36(46-30)34-12-8-24-52(34)38(54)44(21-10-22-44)50-40(56)58-42(4,5)6/h15-18,25-26,33-34H,7-12,19-24H2,1-6H3,(H,45,47)(H,46,48)(H,49,55)(H,50,56)/t33-,34-/m0/s1. The molecule has 306 valence electrons. The van der Waals surface area contributed by atoms with Gasteiger partial charge in [0.1, 0.15) is 33.9 Å². The molecule has 0 bridgehead atoms. The molecular weight excluding hydrogens is 737 g/mol. The Morgan fingerprint density at radius 2 is 1.05 bits per heavy atom. The molecule has 2 aromatic carbocycles. The second kappa shape index (κ2) is 14.7. The predicted octanol–water partition coefficient (Wildman–Crippen LogP) is 7.06. The number of fused-ring (bicyclic) bond motifs is 2. The summed E-state index contributed by atoms with van der Waals surface area (Å²) in [5.41, 5.74) is 1.67. The van der Waals surface area contributed by atoms with Crippen molar-refractivity contribution in [2.24, 2.45) is 0 Å². The number of imidazole rings is 2. The lowest BCUT2D eigenvalue weighted by Gasteiger charge is -2.44. The highest BCUT2D eigenvalue weighted by Crippen LogP contribution is 2.41. The number of hydrogen-bond donors (Lipinski definition) is 4. The van der Waals surface area contributed by atoms with E-state index in [-0.39, 0.29) is 23.9 Å². The first-order chi connectivity index (χ1) is 27.5. The van der Waals surface area contributed by atoms with E-state index in [0.29, 0.717) is 38.8 Å². The molecule has 58 heavy (non-hydrogen) atoms. The zero-order valence-corrected chi connectivity index (χ0v) is 34.3. The summed E-state index contributed by atoms with van der Waals surface area (Å²) in [6.45, 7) is 12.1. The highest BCUT2D eigenvalue weighted by atomic mass is 16.6. The molecule has 4 heterocycles. The summed E-state index contributed by atoms with van der Waals surface area (Å²) in [7, 11) is 0. The molecule has 4 aromatic rings. The minimum Gasteiger partial charge on any atom is -0.444 e. The zero-order valence-electron chi connectivity index (χ0n) is 34.3. The maximum atomic E-state index is 14.0. The number of amides is 4. The van der Waals surface area contributed by atoms with Gasteiger partial charge in [0, 0.05) is 24.2 Å². The molecule has 0 spiro atoms. The van der Waals surface area contributed by atoms with Gasteiger partial charge in [0.25, 0.3) is 0 Å². The monoisotopic (exact) mass is 790 g/mol. The number of benzene rings is 2. The van der Waals surface area contributed by atoms with Crippen molar-refractivity contribution in [3.63, 3.8) is 0 Å². The zero-order chi connectivity index (χ0) is 41.0. The van der Waals surface area contributed by atoms with Crippen molar-refractivity contribution < 1.29 is 28.7 Å².